The zero-order chi connectivity index (χ0) is 11.6. The minimum absolute atomic E-state index is 0.123. The van der Waals surface area contributed by atoms with Gasteiger partial charge in [-0.25, -0.2) is 0 Å². The van der Waals surface area contributed by atoms with Crippen molar-refractivity contribution in [1.29, 1.82) is 0 Å². The topological polar surface area (TPSA) is 0 Å². The summed E-state index contributed by atoms with van der Waals surface area (Å²) in [5.41, 5.74) is 0. The van der Waals surface area contributed by atoms with Crippen molar-refractivity contribution in [3.05, 3.63) is 0 Å². The second kappa shape index (κ2) is 10.7. The molecular weight excluding hydrogens is 402 g/mol. The predicted octanol–water partition coefficient (Wildman–Crippen LogP) is 5.42. The zero-order valence-corrected chi connectivity index (χ0v) is 15.8. The molecule has 0 rings (SSSR count). The van der Waals surface area contributed by atoms with Gasteiger partial charge in [-0.1, -0.05) is 0 Å². The van der Waals surface area contributed by atoms with Gasteiger partial charge >= 0.3 is 122 Å². The third kappa shape index (κ3) is 9.25. The Kier molecular flexibility index (Phi) is 11.8. The minimum atomic E-state index is -0.123. The van der Waals surface area contributed by atoms with Crippen LogP contribution in [-0.2, 0) is 0 Å². The zero-order valence-electron chi connectivity index (χ0n) is 10.7. The fourth-order valence-electron chi connectivity index (χ4n) is 1.70. The van der Waals surface area contributed by atoms with Crippen molar-refractivity contribution < 1.29 is 0 Å². The Labute approximate surface area is 121 Å². The molecular formula is C13H27ISn. The monoisotopic (exact) mass is 430 g/mol. The van der Waals surface area contributed by atoms with Crippen LogP contribution in [0.1, 0.15) is 72.1 Å². The molecule has 0 aromatic rings. The van der Waals surface area contributed by atoms with Crippen LogP contribution in [-0.4, -0.2) is 22.6 Å². The number of halogens is 1. The molecule has 0 atom stereocenters. The second-order valence-electron chi connectivity index (χ2n) is 4.45. The van der Waals surface area contributed by atoms with Crippen molar-refractivity contribution in [1.82, 2.24) is 0 Å². The van der Waals surface area contributed by atoms with Crippen LogP contribution in [0.3, 0.4) is 0 Å². The standard InChI is InChI=1S/C9H18I.C4H9.Sn/c1-3-5-7-9(10)8-6-4-2;1-3-4-2;/h3-8H2,1-2H3;1,3-4H2,2H3;. The first kappa shape index (κ1) is 16.5. The number of alkyl halides is 1. The molecule has 0 nitrogen and oxygen atoms in total. The molecule has 0 heterocycles. The molecule has 0 unspecified atom stereocenters. The van der Waals surface area contributed by atoms with E-state index < -0.39 is 0 Å². The van der Waals surface area contributed by atoms with Crippen LogP contribution < -0.4 is 0 Å². The van der Waals surface area contributed by atoms with Crippen molar-refractivity contribution in [3.8, 4) is 0 Å². The third-order valence-electron chi connectivity index (χ3n) is 2.83. The van der Waals surface area contributed by atoms with Crippen LogP contribution >= 0.6 is 22.6 Å². The van der Waals surface area contributed by atoms with Gasteiger partial charge in [0.05, 0.1) is 0 Å². The molecule has 0 saturated heterocycles. The number of hydrogen-bond acceptors (Lipinski definition) is 0. The predicted molar refractivity (Wildman–Crippen MR) is 81.3 cm³/mol. The van der Waals surface area contributed by atoms with Crippen molar-refractivity contribution >= 4 is 43.7 Å². The van der Waals surface area contributed by atoms with Crippen molar-refractivity contribution in [2.24, 2.45) is 0 Å². The fraction of sp³-hybridized carbons (Fsp3) is 1.00. The van der Waals surface area contributed by atoms with Gasteiger partial charge in [0.1, 0.15) is 0 Å². The van der Waals surface area contributed by atoms with Gasteiger partial charge in [-0.3, -0.25) is 0 Å². The summed E-state index contributed by atoms with van der Waals surface area (Å²) in [5.74, 6) is 0. The van der Waals surface area contributed by atoms with E-state index in [2.05, 4.69) is 43.4 Å². The van der Waals surface area contributed by atoms with Crippen molar-refractivity contribution in [2.45, 2.75) is 78.0 Å². The molecule has 0 saturated carbocycles. The second-order valence-corrected chi connectivity index (χ2v) is 14.6. The average molecular weight is 429 g/mol. The summed E-state index contributed by atoms with van der Waals surface area (Å²) in [5, 5.41) is 0. The Hall–Kier alpha value is 1.53. The van der Waals surface area contributed by atoms with E-state index in [-0.39, 0.29) is 21.1 Å². The average Bonchev–Trinajstić information content (AvgIpc) is 2.24. The van der Waals surface area contributed by atoms with Crippen LogP contribution in [0.15, 0.2) is 0 Å². The van der Waals surface area contributed by atoms with E-state index in [0.29, 0.717) is 0 Å². The first-order valence-corrected chi connectivity index (χ1v) is 11.1. The number of rotatable bonds is 10. The van der Waals surface area contributed by atoms with E-state index in [1.54, 1.807) is 4.44 Å². The quantitative estimate of drug-likeness (QED) is 0.188. The summed E-state index contributed by atoms with van der Waals surface area (Å²) in [6, 6.07) is 0. The molecule has 0 N–H and O–H groups in total. The third-order valence-corrected chi connectivity index (χ3v) is 11.4. The molecule has 0 fully saturated rings. The summed E-state index contributed by atoms with van der Waals surface area (Å²) in [4.78, 5) is 0. The van der Waals surface area contributed by atoms with E-state index in [1.165, 1.54) is 51.4 Å². The molecule has 90 valence electrons. The maximum absolute atomic E-state index is 2.84. The Morgan fingerprint density at radius 1 is 0.867 bits per heavy atom. The van der Waals surface area contributed by atoms with E-state index >= 15 is 0 Å². The summed E-state index contributed by atoms with van der Waals surface area (Å²) >= 11 is 2.71. The molecule has 2 heteroatoms. The van der Waals surface area contributed by atoms with E-state index in [0.717, 1.165) is 1.44 Å². The molecule has 0 amide bonds. The first-order chi connectivity index (χ1) is 7.18. The Morgan fingerprint density at radius 2 is 1.33 bits per heavy atom. The Bertz CT molecular complexity index is 128. The van der Waals surface area contributed by atoms with Crippen molar-refractivity contribution in [2.75, 3.05) is 0 Å². The van der Waals surface area contributed by atoms with Gasteiger partial charge in [-0.15, -0.1) is 0 Å². The van der Waals surface area contributed by atoms with Gasteiger partial charge < -0.3 is 0 Å². The van der Waals surface area contributed by atoms with Gasteiger partial charge in [0.15, 0.2) is 0 Å². The normalized spacial score (nSPS) is 12.0. The van der Waals surface area contributed by atoms with Crippen LogP contribution in [0.2, 0.25) is 4.44 Å². The molecule has 0 aliphatic carbocycles. The number of hydrogen-bond donors (Lipinski definition) is 0. The van der Waals surface area contributed by atoms with Gasteiger partial charge in [-0.2, -0.15) is 0 Å². The molecule has 15 heavy (non-hydrogen) atoms. The van der Waals surface area contributed by atoms with Crippen LogP contribution in [0, 0.1) is 0 Å². The van der Waals surface area contributed by atoms with Crippen LogP contribution in [0.5, 0.6) is 0 Å². The molecule has 0 aromatic heterocycles. The van der Waals surface area contributed by atoms with E-state index in [9.17, 15) is 0 Å². The molecule has 0 aliphatic rings. The first-order valence-electron chi connectivity index (χ1n) is 6.62. The molecule has 0 bridgehead atoms. The fourth-order valence-corrected chi connectivity index (χ4v) is 9.09. The summed E-state index contributed by atoms with van der Waals surface area (Å²) in [6.07, 6.45) is 11.6. The van der Waals surface area contributed by atoms with E-state index in [4.69, 9.17) is 0 Å². The summed E-state index contributed by atoms with van der Waals surface area (Å²) < 4.78 is 2.40. The molecule has 0 aliphatic heterocycles. The van der Waals surface area contributed by atoms with Gasteiger partial charge in [0.2, 0.25) is 0 Å². The van der Waals surface area contributed by atoms with Gasteiger partial charge in [-0.05, 0) is 0 Å². The maximum atomic E-state index is 2.84. The molecule has 0 spiro atoms. The van der Waals surface area contributed by atoms with Crippen LogP contribution in [0.4, 0.5) is 0 Å². The van der Waals surface area contributed by atoms with Crippen LogP contribution in [0.25, 0.3) is 0 Å². The Balaban J connectivity index is 3.89. The molecule has 2 radical (unpaired) electrons. The summed E-state index contributed by atoms with van der Waals surface area (Å²) in [7, 11) is 0. The SMILES string of the molecule is CCC[CH2][Sn][C](I)(CCCC)CCCC. The summed E-state index contributed by atoms with van der Waals surface area (Å²) in [6.45, 7) is 6.98. The van der Waals surface area contributed by atoms with Gasteiger partial charge in [0, 0.05) is 0 Å². The van der Waals surface area contributed by atoms with Crippen molar-refractivity contribution in [3.63, 3.8) is 0 Å². The Morgan fingerprint density at radius 3 is 1.73 bits per heavy atom. The van der Waals surface area contributed by atoms with E-state index in [1.807, 2.05) is 0 Å². The van der Waals surface area contributed by atoms with Gasteiger partial charge in [0.25, 0.3) is 0 Å². The number of unbranched alkanes of at least 4 members (excludes halogenated alkanes) is 3. The molecule has 0 aromatic carbocycles.